The Morgan fingerprint density at radius 1 is 1.53 bits per heavy atom. The predicted molar refractivity (Wildman–Crippen MR) is 70.0 cm³/mol. The molecule has 1 aromatic rings. The van der Waals surface area contributed by atoms with Crippen LogP contribution in [0, 0.1) is 18.3 Å². The van der Waals surface area contributed by atoms with E-state index in [9.17, 15) is 4.79 Å². The lowest BCUT2D eigenvalue weighted by Crippen LogP contribution is -2.47. The summed E-state index contributed by atoms with van der Waals surface area (Å²) in [5.41, 5.74) is 5.44. The molecule has 0 unspecified atom stereocenters. The zero-order chi connectivity index (χ0) is 13.9. The summed E-state index contributed by atoms with van der Waals surface area (Å²) >= 11 is 0. The van der Waals surface area contributed by atoms with E-state index in [0.717, 1.165) is 25.7 Å². The number of aryl methyl sites for hydroxylation is 1. The summed E-state index contributed by atoms with van der Waals surface area (Å²) in [5.74, 6) is 1.71. The first-order valence-corrected chi connectivity index (χ1v) is 6.83. The topological polar surface area (TPSA) is 94.0 Å². The van der Waals surface area contributed by atoms with E-state index in [2.05, 4.69) is 22.4 Å². The molecule has 0 aliphatic heterocycles. The molecule has 2 rings (SSSR count). The zero-order valence-electron chi connectivity index (χ0n) is 11.6. The molecule has 0 spiro atoms. The van der Waals surface area contributed by atoms with Crippen LogP contribution in [0.4, 0.5) is 0 Å². The van der Waals surface area contributed by atoms with Gasteiger partial charge in [-0.3, -0.25) is 4.79 Å². The second kappa shape index (κ2) is 5.69. The fraction of sp³-hybridized carbons (Fsp3) is 0.769. The van der Waals surface area contributed by atoms with Crippen LogP contribution in [0.5, 0.6) is 0 Å². The molecule has 19 heavy (non-hydrogen) atoms. The lowest BCUT2D eigenvalue weighted by molar-refractivity contribution is -0.133. The molecule has 6 heteroatoms. The standard InChI is InChI=1S/C13H22N4O2/c1-9-3-5-13(8-14,6-4-9)12(18)15-7-11-16-10(2)19-17-11/h9H,3-8,14H2,1-2H3,(H,15,18). The first kappa shape index (κ1) is 14.0. The van der Waals surface area contributed by atoms with Crippen molar-refractivity contribution >= 4 is 5.91 Å². The monoisotopic (exact) mass is 266 g/mol. The minimum atomic E-state index is -0.411. The molecule has 0 aromatic carbocycles. The molecule has 0 radical (unpaired) electrons. The Morgan fingerprint density at radius 2 is 2.21 bits per heavy atom. The van der Waals surface area contributed by atoms with Gasteiger partial charge in [0.05, 0.1) is 12.0 Å². The quantitative estimate of drug-likeness (QED) is 0.852. The Balaban J connectivity index is 1.93. The van der Waals surface area contributed by atoms with Gasteiger partial charge in [0.15, 0.2) is 5.82 Å². The van der Waals surface area contributed by atoms with Crippen molar-refractivity contribution in [2.45, 2.75) is 46.1 Å². The lowest BCUT2D eigenvalue weighted by atomic mass is 9.70. The van der Waals surface area contributed by atoms with Crippen molar-refractivity contribution < 1.29 is 9.32 Å². The van der Waals surface area contributed by atoms with Crippen LogP contribution in [0.2, 0.25) is 0 Å². The Labute approximate surface area is 113 Å². The van der Waals surface area contributed by atoms with Crippen molar-refractivity contribution in [3.05, 3.63) is 11.7 Å². The van der Waals surface area contributed by atoms with E-state index in [-0.39, 0.29) is 5.91 Å². The van der Waals surface area contributed by atoms with Crippen LogP contribution in [-0.2, 0) is 11.3 Å². The Morgan fingerprint density at radius 3 is 2.74 bits per heavy atom. The predicted octanol–water partition coefficient (Wildman–Crippen LogP) is 1.15. The van der Waals surface area contributed by atoms with E-state index < -0.39 is 5.41 Å². The maximum absolute atomic E-state index is 12.4. The number of amides is 1. The molecule has 1 aliphatic carbocycles. The molecule has 1 heterocycles. The fourth-order valence-corrected chi connectivity index (χ4v) is 2.60. The van der Waals surface area contributed by atoms with Crippen molar-refractivity contribution in [3.8, 4) is 0 Å². The van der Waals surface area contributed by atoms with Crippen LogP contribution in [0.3, 0.4) is 0 Å². The van der Waals surface area contributed by atoms with Gasteiger partial charge in [-0.15, -0.1) is 0 Å². The lowest BCUT2D eigenvalue weighted by Gasteiger charge is -2.37. The number of nitrogens with zero attached hydrogens (tertiary/aromatic N) is 2. The number of hydrogen-bond donors (Lipinski definition) is 2. The van der Waals surface area contributed by atoms with Gasteiger partial charge < -0.3 is 15.6 Å². The molecule has 1 amide bonds. The van der Waals surface area contributed by atoms with E-state index in [4.69, 9.17) is 10.3 Å². The average Bonchev–Trinajstić information content (AvgIpc) is 2.83. The normalized spacial score (nSPS) is 27.2. The molecule has 0 saturated heterocycles. The first-order valence-electron chi connectivity index (χ1n) is 6.83. The van der Waals surface area contributed by atoms with Crippen LogP contribution in [0.15, 0.2) is 4.52 Å². The summed E-state index contributed by atoms with van der Waals surface area (Å²) < 4.78 is 4.87. The molecule has 0 atom stereocenters. The van der Waals surface area contributed by atoms with E-state index in [0.29, 0.717) is 30.7 Å². The van der Waals surface area contributed by atoms with Crippen molar-refractivity contribution in [1.29, 1.82) is 0 Å². The molecular formula is C13H22N4O2. The molecule has 1 aromatic heterocycles. The summed E-state index contributed by atoms with van der Waals surface area (Å²) in [4.78, 5) is 16.4. The van der Waals surface area contributed by atoms with E-state index >= 15 is 0 Å². The maximum Gasteiger partial charge on any atom is 0.227 e. The second-order valence-corrected chi connectivity index (χ2v) is 5.58. The smallest absolute Gasteiger partial charge is 0.227 e. The minimum absolute atomic E-state index is 0.0179. The van der Waals surface area contributed by atoms with Gasteiger partial charge in [-0.1, -0.05) is 12.1 Å². The van der Waals surface area contributed by atoms with Crippen LogP contribution in [-0.4, -0.2) is 22.6 Å². The van der Waals surface area contributed by atoms with Crippen molar-refractivity contribution in [2.24, 2.45) is 17.1 Å². The van der Waals surface area contributed by atoms with E-state index in [1.54, 1.807) is 6.92 Å². The molecule has 1 aliphatic rings. The molecule has 106 valence electrons. The molecule has 3 N–H and O–H groups in total. The van der Waals surface area contributed by atoms with Crippen LogP contribution < -0.4 is 11.1 Å². The van der Waals surface area contributed by atoms with Crippen molar-refractivity contribution in [2.75, 3.05) is 6.54 Å². The molecule has 1 fully saturated rings. The van der Waals surface area contributed by atoms with E-state index in [1.165, 1.54) is 0 Å². The van der Waals surface area contributed by atoms with E-state index in [1.807, 2.05) is 0 Å². The second-order valence-electron chi connectivity index (χ2n) is 5.58. The Kier molecular flexibility index (Phi) is 4.19. The number of aromatic nitrogens is 2. The van der Waals surface area contributed by atoms with Crippen molar-refractivity contribution in [3.63, 3.8) is 0 Å². The number of hydrogen-bond acceptors (Lipinski definition) is 5. The number of nitrogens with two attached hydrogens (primary N) is 1. The maximum atomic E-state index is 12.4. The molecule has 6 nitrogen and oxygen atoms in total. The van der Waals surface area contributed by atoms with Gasteiger partial charge in [0.2, 0.25) is 11.8 Å². The average molecular weight is 266 g/mol. The van der Waals surface area contributed by atoms with Gasteiger partial charge in [-0.25, -0.2) is 0 Å². The SMILES string of the molecule is Cc1nc(CNC(=O)C2(CN)CCC(C)CC2)no1. The summed E-state index contributed by atoms with van der Waals surface area (Å²) in [7, 11) is 0. The van der Waals surface area contributed by atoms with Crippen LogP contribution in [0.25, 0.3) is 0 Å². The van der Waals surface area contributed by atoms with Gasteiger partial charge in [-0.2, -0.15) is 4.98 Å². The van der Waals surface area contributed by atoms with Crippen LogP contribution in [0.1, 0.15) is 44.3 Å². The highest BCUT2D eigenvalue weighted by Crippen LogP contribution is 2.38. The summed E-state index contributed by atoms with van der Waals surface area (Å²) in [6.07, 6.45) is 3.85. The minimum Gasteiger partial charge on any atom is -0.348 e. The number of carbonyl (C=O) groups is 1. The van der Waals surface area contributed by atoms with Gasteiger partial charge in [0.1, 0.15) is 0 Å². The van der Waals surface area contributed by atoms with Gasteiger partial charge in [-0.05, 0) is 31.6 Å². The Hall–Kier alpha value is -1.43. The first-order chi connectivity index (χ1) is 9.05. The number of nitrogens with one attached hydrogen (secondary N) is 1. The highest BCUT2D eigenvalue weighted by Gasteiger charge is 2.39. The summed E-state index contributed by atoms with van der Waals surface area (Å²) in [5, 5.41) is 6.65. The third kappa shape index (κ3) is 3.12. The third-order valence-electron chi connectivity index (χ3n) is 4.08. The molecular weight excluding hydrogens is 244 g/mol. The molecule has 1 saturated carbocycles. The largest absolute Gasteiger partial charge is 0.348 e. The zero-order valence-corrected chi connectivity index (χ0v) is 11.6. The van der Waals surface area contributed by atoms with Crippen molar-refractivity contribution in [1.82, 2.24) is 15.5 Å². The fourth-order valence-electron chi connectivity index (χ4n) is 2.60. The highest BCUT2D eigenvalue weighted by atomic mass is 16.5. The van der Waals surface area contributed by atoms with Gasteiger partial charge >= 0.3 is 0 Å². The molecule has 0 bridgehead atoms. The highest BCUT2D eigenvalue weighted by molar-refractivity contribution is 5.82. The number of rotatable bonds is 4. The van der Waals surface area contributed by atoms with Gasteiger partial charge in [0, 0.05) is 13.5 Å². The van der Waals surface area contributed by atoms with Gasteiger partial charge in [0.25, 0.3) is 0 Å². The van der Waals surface area contributed by atoms with Crippen LogP contribution >= 0.6 is 0 Å². The summed E-state index contributed by atoms with van der Waals surface area (Å²) in [6.45, 7) is 4.65. The summed E-state index contributed by atoms with van der Waals surface area (Å²) in [6, 6.07) is 0. The number of carbonyl (C=O) groups excluding carboxylic acids is 1. The Bertz CT molecular complexity index is 436. The third-order valence-corrected chi connectivity index (χ3v) is 4.08.